The number of nitrogens with zero attached hydrogens (tertiary/aromatic N) is 1. The Morgan fingerprint density at radius 1 is 1.14 bits per heavy atom. The normalized spacial score (nSPS) is 15.5. The van der Waals surface area contributed by atoms with Gasteiger partial charge in [-0.15, -0.1) is 11.3 Å². The van der Waals surface area contributed by atoms with Gasteiger partial charge in [-0.05, 0) is 36.8 Å². The summed E-state index contributed by atoms with van der Waals surface area (Å²) in [7, 11) is -3.59. The van der Waals surface area contributed by atoms with E-state index in [1.165, 1.54) is 26.8 Å². The van der Waals surface area contributed by atoms with E-state index in [0.29, 0.717) is 19.6 Å². The van der Waals surface area contributed by atoms with Crippen LogP contribution in [0.25, 0.3) is 0 Å². The Balaban J connectivity index is 1.51. The van der Waals surface area contributed by atoms with Gasteiger partial charge in [-0.2, -0.15) is 16.1 Å². The van der Waals surface area contributed by atoms with Gasteiger partial charge in [0.2, 0.25) is 10.0 Å². The second-order valence-electron chi connectivity index (χ2n) is 6.87. The van der Waals surface area contributed by atoms with Gasteiger partial charge in [-0.1, -0.05) is 36.2 Å². The van der Waals surface area contributed by atoms with E-state index in [1.54, 1.807) is 23.2 Å². The molecule has 1 N–H and O–H groups in total. The van der Waals surface area contributed by atoms with Gasteiger partial charge in [0.1, 0.15) is 9.77 Å². The van der Waals surface area contributed by atoms with Gasteiger partial charge in [0.05, 0.1) is 0 Å². The summed E-state index contributed by atoms with van der Waals surface area (Å²) in [6, 6.07) is 9.97. The molecule has 0 saturated carbocycles. The fourth-order valence-electron chi connectivity index (χ4n) is 3.10. The number of thiophene rings is 1. The zero-order valence-corrected chi connectivity index (χ0v) is 18.5. The third kappa shape index (κ3) is 5.37. The molecule has 1 fully saturated rings. The van der Waals surface area contributed by atoms with Gasteiger partial charge in [-0.25, -0.2) is 8.42 Å². The van der Waals surface area contributed by atoms with E-state index >= 15 is 0 Å². The van der Waals surface area contributed by atoms with Crippen molar-refractivity contribution >= 4 is 39.0 Å². The van der Waals surface area contributed by atoms with Gasteiger partial charge in [0.25, 0.3) is 5.91 Å². The summed E-state index contributed by atoms with van der Waals surface area (Å²) in [6.07, 6.45) is 2.81. The van der Waals surface area contributed by atoms with Crippen LogP contribution in [-0.2, 0) is 15.8 Å². The highest BCUT2D eigenvalue weighted by molar-refractivity contribution is 7.98. The van der Waals surface area contributed by atoms with Crippen molar-refractivity contribution in [1.29, 1.82) is 0 Å². The number of hydrogen-bond acceptors (Lipinski definition) is 5. The van der Waals surface area contributed by atoms with Crippen molar-refractivity contribution in [2.75, 3.05) is 25.4 Å². The molecule has 0 unspecified atom stereocenters. The molecule has 2 aromatic rings. The molecule has 0 spiro atoms. The Hall–Kier alpha value is -1.35. The molecule has 5 nitrogen and oxygen atoms in total. The number of sulfonamides is 1. The molecule has 3 rings (SSSR count). The van der Waals surface area contributed by atoms with Crippen LogP contribution in [0.1, 0.15) is 40.1 Å². The Morgan fingerprint density at radius 2 is 1.86 bits per heavy atom. The topological polar surface area (TPSA) is 66.5 Å². The van der Waals surface area contributed by atoms with Crippen molar-refractivity contribution in [2.24, 2.45) is 0 Å². The lowest BCUT2D eigenvalue weighted by molar-refractivity contribution is 0.0957. The van der Waals surface area contributed by atoms with Crippen molar-refractivity contribution in [2.45, 2.75) is 36.8 Å². The van der Waals surface area contributed by atoms with Crippen molar-refractivity contribution < 1.29 is 13.2 Å². The molecule has 1 aliphatic rings. The van der Waals surface area contributed by atoms with Crippen molar-refractivity contribution in [3.05, 3.63) is 51.7 Å². The molecule has 1 aliphatic heterocycles. The number of aryl methyl sites for hydroxylation is 1. The third-order valence-corrected chi connectivity index (χ3v) is 8.70. The van der Waals surface area contributed by atoms with E-state index in [2.05, 4.69) is 36.5 Å². The van der Waals surface area contributed by atoms with Gasteiger partial charge in [-0.3, -0.25) is 4.79 Å². The predicted molar refractivity (Wildman–Crippen MR) is 117 cm³/mol. The van der Waals surface area contributed by atoms with Crippen LogP contribution < -0.4 is 5.32 Å². The Morgan fingerprint density at radius 3 is 2.57 bits per heavy atom. The minimum atomic E-state index is -3.59. The second kappa shape index (κ2) is 9.91. The van der Waals surface area contributed by atoms with E-state index in [4.69, 9.17) is 0 Å². The van der Waals surface area contributed by atoms with Crippen molar-refractivity contribution in [3.63, 3.8) is 0 Å². The standard InChI is InChI=1S/C20H26N2O3S3/c1-16-5-7-17(8-6-16)15-26-14-10-21-20(23)19-18(9-13-27-19)28(24,25)22-11-3-2-4-12-22/h5-9,13H,2-4,10-12,14-15H2,1H3,(H,21,23). The van der Waals surface area contributed by atoms with Crippen molar-refractivity contribution in [3.8, 4) is 0 Å². The van der Waals surface area contributed by atoms with Crippen LogP contribution in [0.3, 0.4) is 0 Å². The number of benzene rings is 1. The summed E-state index contributed by atoms with van der Waals surface area (Å²) in [5.74, 6) is 1.37. The number of nitrogens with one attached hydrogen (secondary N) is 1. The quantitative estimate of drug-likeness (QED) is 0.635. The Labute approximate surface area is 175 Å². The SMILES string of the molecule is Cc1ccc(CSCCNC(=O)c2sccc2S(=O)(=O)N2CCCCC2)cc1. The molecule has 0 radical (unpaired) electrons. The molecule has 0 bridgehead atoms. The molecule has 1 amide bonds. The lowest BCUT2D eigenvalue weighted by atomic mass is 10.2. The van der Waals surface area contributed by atoms with Crippen LogP contribution in [0, 0.1) is 6.92 Å². The molecule has 8 heteroatoms. The summed E-state index contributed by atoms with van der Waals surface area (Å²) in [5, 5.41) is 4.54. The maximum Gasteiger partial charge on any atom is 0.262 e. The molecule has 1 aromatic heterocycles. The molecule has 2 heterocycles. The number of carbonyl (C=O) groups excluding carboxylic acids is 1. The zero-order chi connectivity index (χ0) is 20.0. The molecule has 1 aromatic carbocycles. The smallest absolute Gasteiger partial charge is 0.262 e. The van der Waals surface area contributed by atoms with E-state index in [9.17, 15) is 13.2 Å². The molecule has 28 heavy (non-hydrogen) atoms. The molecule has 0 aliphatic carbocycles. The number of hydrogen-bond donors (Lipinski definition) is 1. The van der Waals surface area contributed by atoms with E-state index in [-0.39, 0.29) is 15.7 Å². The number of thioether (sulfide) groups is 1. The summed E-state index contributed by atoms with van der Waals surface area (Å²) >= 11 is 2.93. The summed E-state index contributed by atoms with van der Waals surface area (Å²) in [6.45, 7) is 3.65. The van der Waals surface area contributed by atoms with Crippen LogP contribution in [-0.4, -0.2) is 44.0 Å². The first-order chi connectivity index (χ1) is 13.5. The summed E-state index contributed by atoms with van der Waals surface area (Å²) in [5.41, 5.74) is 2.50. The minimum Gasteiger partial charge on any atom is -0.350 e. The molecular weight excluding hydrogens is 412 g/mol. The lowest BCUT2D eigenvalue weighted by Gasteiger charge is -2.25. The molecule has 0 atom stereocenters. The molecule has 1 saturated heterocycles. The number of piperidine rings is 1. The molecular formula is C20H26N2O3S3. The Kier molecular flexibility index (Phi) is 7.56. The Bertz CT molecular complexity index is 886. The predicted octanol–water partition coefficient (Wildman–Crippen LogP) is 3.89. The number of amides is 1. The third-order valence-electron chi connectivity index (χ3n) is 4.69. The largest absolute Gasteiger partial charge is 0.350 e. The fraction of sp³-hybridized carbons (Fsp3) is 0.450. The minimum absolute atomic E-state index is 0.143. The number of rotatable bonds is 8. The highest BCUT2D eigenvalue weighted by atomic mass is 32.2. The maximum absolute atomic E-state index is 12.9. The van der Waals surface area contributed by atoms with Gasteiger partial charge in [0.15, 0.2) is 0 Å². The highest BCUT2D eigenvalue weighted by Gasteiger charge is 2.30. The zero-order valence-electron chi connectivity index (χ0n) is 16.0. The van der Waals surface area contributed by atoms with Gasteiger partial charge in [0, 0.05) is 31.1 Å². The van der Waals surface area contributed by atoms with E-state index in [1.807, 2.05) is 0 Å². The van der Waals surface area contributed by atoms with Crippen LogP contribution in [0.15, 0.2) is 40.6 Å². The van der Waals surface area contributed by atoms with Crippen LogP contribution in [0.4, 0.5) is 0 Å². The van der Waals surface area contributed by atoms with Crippen LogP contribution >= 0.6 is 23.1 Å². The summed E-state index contributed by atoms with van der Waals surface area (Å²) < 4.78 is 27.3. The van der Waals surface area contributed by atoms with E-state index in [0.717, 1.165) is 30.8 Å². The lowest BCUT2D eigenvalue weighted by Crippen LogP contribution is -2.36. The molecule has 152 valence electrons. The van der Waals surface area contributed by atoms with Crippen LogP contribution in [0.5, 0.6) is 0 Å². The average molecular weight is 439 g/mol. The van der Waals surface area contributed by atoms with Crippen LogP contribution in [0.2, 0.25) is 0 Å². The maximum atomic E-state index is 12.9. The van der Waals surface area contributed by atoms with E-state index < -0.39 is 10.0 Å². The van der Waals surface area contributed by atoms with Gasteiger partial charge >= 0.3 is 0 Å². The summed E-state index contributed by atoms with van der Waals surface area (Å²) in [4.78, 5) is 13.0. The first-order valence-electron chi connectivity index (χ1n) is 9.47. The number of carbonyl (C=O) groups is 1. The average Bonchev–Trinajstić information content (AvgIpc) is 3.21. The first-order valence-corrected chi connectivity index (χ1v) is 12.9. The second-order valence-corrected chi connectivity index (χ2v) is 10.8. The highest BCUT2D eigenvalue weighted by Crippen LogP contribution is 2.27. The first kappa shape index (κ1) is 21.4. The monoisotopic (exact) mass is 438 g/mol. The van der Waals surface area contributed by atoms with Crippen molar-refractivity contribution in [1.82, 2.24) is 9.62 Å². The van der Waals surface area contributed by atoms with Gasteiger partial charge < -0.3 is 5.32 Å². The fourth-order valence-corrected chi connectivity index (χ4v) is 6.75.